The second kappa shape index (κ2) is 9.16. The van der Waals surface area contributed by atoms with E-state index in [1.807, 2.05) is 13.8 Å². The summed E-state index contributed by atoms with van der Waals surface area (Å²) in [4.78, 5) is 12.2. The van der Waals surface area contributed by atoms with Crippen LogP contribution in [0.5, 0.6) is 0 Å². The summed E-state index contributed by atoms with van der Waals surface area (Å²) < 4.78 is 26.2. The number of carbonyl (C=O) groups is 1. The van der Waals surface area contributed by atoms with Gasteiger partial charge in [-0.15, -0.1) is 0 Å². The van der Waals surface area contributed by atoms with E-state index in [1.54, 1.807) is 24.3 Å². The monoisotopic (exact) mass is 346 g/mol. The fourth-order valence-corrected chi connectivity index (χ4v) is 2.54. The Labute approximate surface area is 147 Å². The van der Waals surface area contributed by atoms with Gasteiger partial charge in [0.1, 0.15) is 11.6 Å². The summed E-state index contributed by atoms with van der Waals surface area (Å²) in [5.74, 6) is -0.581. The van der Waals surface area contributed by atoms with E-state index < -0.39 is 0 Å². The van der Waals surface area contributed by atoms with Crippen LogP contribution in [-0.2, 0) is 12.8 Å². The summed E-state index contributed by atoms with van der Waals surface area (Å²) >= 11 is 0. The molecule has 2 N–H and O–H groups in total. The van der Waals surface area contributed by atoms with E-state index in [1.165, 1.54) is 24.3 Å². The number of hydrogen-bond acceptors (Lipinski definition) is 1. The van der Waals surface area contributed by atoms with Crippen LogP contribution in [0.1, 0.15) is 31.4 Å². The normalized spacial score (nSPS) is 12.0. The molecule has 0 heterocycles. The quantitative estimate of drug-likeness (QED) is 0.774. The average molecular weight is 346 g/mol. The largest absolute Gasteiger partial charge is 0.336 e. The molecule has 3 nitrogen and oxygen atoms in total. The van der Waals surface area contributed by atoms with E-state index in [0.717, 1.165) is 17.5 Å². The smallest absolute Gasteiger partial charge is 0.315 e. The first-order valence-corrected chi connectivity index (χ1v) is 8.52. The number of benzene rings is 2. The molecular formula is C20H24F2N2O. The Hall–Kier alpha value is -2.43. The van der Waals surface area contributed by atoms with Gasteiger partial charge in [-0.1, -0.05) is 31.2 Å². The second-order valence-corrected chi connectivity index (χ2v) is 6.29. The molecule has 0 fully saturated rings. The zero-order chi connectivity index (χ0) is 18.2. The first-order valence-electron chi connectivity index (χ1n) is 8.52. The SMILES string of the molecule is CC[C@@H](C)NC(=O)NC(Cc1ccc(F)cc1)Cc1ccc(F)cc1. The third-order valence-electron chi connectivity index (χ3n) is 4.12. The summed E-state index contributed by atoms with van der Waals surface area (Å²) in [7, 11) is 0. The lowest BCUT2D eigenvalue weighted by molar-refractivity contribution is 0.233. The molecule has 25 heavy (non-hydrogen) atoms. The van der Waals surface area contributed by atoms with Gasteiger partial charge in [-0.2, -0.15) is 0 Å². The lowest BCUT2D eigenvalue weighted by Crippen LogP contribution is -2.46. The highest BCUT2D eigenvalue weighted by Gasteiger charge is 2.15. The van der Waals surface area contributed by atoms with E-state index in [0.29, 0.717) is 12.8 Å². The predicted molar refractivity (Wildman–Crippen MR) is 95.4 cm³/mol. The molecule has 0 saturated heterocycles. The fraction of sp³-hybridized carbons (Fsp3) is 0.350. The van der Waals surface area contributed by atoms with Gasteiger partial charge in [0.2, 0.25) is 0 Å². The van der Waals surface area contributed by atoms with Crippen LogP contribution in [0, 0.1) is 11.6 Å². The molecule has 5 heteroatoms. The Morgan fingerprint density at radius 1 is 0.880 bits per heavy atom. The molecule has 134 valence electrons. The van der Waals surface area contributed by atoms with Crippen LogP contribution >= 0.6 is 0 Å². The molecule has 2 amide bonds. The summed E-state index contributed by atoms with van der Waals surface area (Å²) in [6.07, 6.45) is 1.96. The van der Waals surface area contributed by atoms with Crippen LogP contribution in [-0.4, -0.2) is 18.1 Å². The van der Waals surface area contributed by atoms with E-state index in [9.17, 15) is 13.6 Å². The molecule has 1 atom stereocenters. The molecule has 0 radical (unpaired) electrons. The zero-order valence-electron chi connectivity index (χ0n) is 14.6. The highest BCUT2D eigenvalue weighted by molar-refractivity contribution is 5.74. The molecule has 2 aromatic rings. The number of nitrogens with one attached hydrogen (secondary N) is 2. The molecule has 0 spiro atoms. The van der Waals surface area contributed by atoms with Crippen molar-refractivity contribution in [3.63, 3.8) is 0 Å². The van der Waals surface area contributed by atoms with Crippen LogP contribution in [0.4, 0.5) is 13.6 Å². The van der Waals surface area contributed by atoms with Crippen molar-refractivity contribution >= 4 is 6.03 Å². The maximum absolute atomic E-state index is 13.1. The average Bonchev–Trinajstić information content (AvgIpc) is 2.58. The number of urea groups is 1. The highest BCUT2D eigenvalue weighted by Crippen LogP contribution is 2.11. The molecule has 0 unspecified atom stereocenters. The van der Waals surface area contributed by atoms with Gasteiger partial charge < -0.3 is 10.6 Å². The van der Waals surface area contributed by atoms with Gasteiger partial charge in [-0.3, -0.25) is 0 Å². The summed E-state index contributed by atoms with van der Waals surface area (Å²) in [5.41, 5.74) is 1.86. The Morgan fingerprint density at radius 3 is 1.72 bits per heavy atom. The Kier molecular flexibility index (Phi) is 6.92. The topological polar surface area (TPSA) is 41.1 Å². The van der Waals surface area contributed by atoms with Crippen molar-refractivity contribution in [2.45, 2.75) is 45.2 Å². The number of rotatable bonds is 7. The van der Waals surface area contributed by atoms with Crippen LogP contribution in [0.25, 0.3) is 0 Å². The zero-order valence-corrected chi connectivity index (χ0v) is 14.6. The number of halogens is 2. The minimum absolute atomic E-state index is 0.0808. The Balaban J connectivity index is 2.07. The van der Waals surface area contributed by atoms with Crippen molar-refractivity contribution in [3.05, 3.63) is 71.3 Å². The Morgan fingerprint density at radius 2 is 1.32 bits per heavy atom. The Bertz CT molecular complexity index is 624. The molecule has 0 aliphatic heterocycles. The van der Waals surface area contributed by atoms with Gasteiger partial charge in [0.25, 0.3) is 0 Å². The van der Waals surface area contributed by atoms with Gasteiger partial charge in [0, 0.05) is 12.1 Å². The van der Waals surface area contributed by atoms with Crippen LogP contribution < -0.4 is 10.6 Å². The number of hydrogen-bond donors (Lipinski definition) is 2. The van der Waals surface area contributed by atoms with Crippen molar-refractivity contribution in [2.24, 2.45) is 0 Å². The lowest BCUT2D eigenvalue weighted by atomic mass is 9.99. The highest BCUT2D eigenvalue weighted by atomic mass is 19.1. The van der Waals surface area contributed by atoms with Crippen molar-refractivity contribution in [3.8, 4) is 0 Å². The van der Waals surface area contributed by atoms with Crippen LogP contribution in [0.15, 0.2) is 48.5 Å². The summed E-state index contributed by atoms with van der Waals surface area (Å²) in [6, 6.07) is 12.1. The molecule has 0 aromatic heterocycles. The van der Waals surface area contributed by atoms with Crippen molar-refractivity contribution in [2.75, 3.05) is 0 Å². The lowest BCUT2D eigenvalue weighted by Gasteiger charge is -2.21. The van der Waals surface area contributed by atoms with Crippen molar-refractivity contribution in [1.82, 2.24) is 10.6 Å². The van der Waals surface area contributed by atoms with Crippen molar-refractivity contribution in [1.29, 1.82) is 0 Å². The summed E-state index contributed by atoms with van der Waals surface area (Å²) in [6.45, 7) is 3.94. The predicted octanol–water partition coefficient (Wildman–Crippen LogP) is 4.22. The standard InChI is InChI=1S/C20H24F2N2O/c1-3-14(2)23-20(25)24-19(12-15-4-8-17(21)9-5-15)13-16-6-10-18(22)11-7-16/h4-11,14,19H,3,12-13H2,1-2H3,(H2,23,24,25)/t14-/m1/s1. The van der Waals surface area contributed by atoms with Crippen LogP contribution in [0.2, 0.25) is 0 Å². The van der Waals surface area contributed by atoms with Gasteiger partial charge in [0.05, 0.1) is 0 Å². The van der Waals surface area contributed by atoms with Gasteiger partial charge in [-0.25, -0.2) is 13.6 Å². The first kappa shape index (κ1) is 18.9. The minimum atomic E-state index is -0.290. The van der Waals surface area contributed by atoms with Gasteiger partial charge in [0.15, 0.2) is 0 Å². The maximum Gasteiger partial charge on any atom is 0.315 e. The van der Waals surface area contributed by atoms with Gasteiger partial charge >= 0.3 is 6.03 Å². The molecule has 0 saturated carbocycles. The number of amides is 2. The number of carbonyl (C=O) groups excluding carboxylic acids is 1. The maximum atomic E-state index is 13.1. The fourth-order valence-electron chi connectivity index (χ4n) is 2.54. The second-order valence-electron chi connectivity index (χ2n) is 6.29. The first-order chi connectivity index (χ1) is 12.0. The molecule has 0 bridgehead atoms. The van der Waals surface area contributed by atoms with Crippen molar-refractivity contribution < 1.29 is 13.6 Å². The molecule has 2 aromatic carbocycles. The van der Waals surface area contributed by atoms with E-state index in [-0.39, 0.29) is 29.7 Å². The summed E-state index contributed by atoms with van der Waals surface area (Å²) in [5, 5.41) is 5.85. The van der Waals surface area contributed by atoms with E-state index in [2.05, 4.69) is 10.6 Å². The third-order valence-corrected chi connectivity index (χ3v) is 4.12. The minimum Gasteiger partial charge on any atom is -0.336 e. The molecular weight excluding hydrogens is 322 g/mol. The van der Waals surface area contributed by atoms with Crippen LogP contribution in [0.3, 0.4) is 0 Å². The van der Waals surface area contributed by atoms with Gasteiger partial charge in [-0.05, 0) is 61.6 Å². The van der Waals surface area contributed by atoms with E-state index >= 15 is 0 Å². The molecule has 2 rings (SSSR count). The van der Waals surface area contributed by atoms with E-state index in [4.69, 9.17) is 0 Å². The third kappa shape index (κ3) is 6.53. The molecule has 0 aliphatic carbocycles. The molecule has 0 aliphatic rings.